The smallest absolute Gasteiger partial charge is 0.0251 e. The van der Waals surface area contributed by atoms with Crippen molar-refractivity contribution >= 4 is 11.6 Å². The summed E-state index contributed by atoms with van der Waals surface area (Å²) in [6.07, 6.45) is 8.25. The number of allylic oxidation sites excluding steroid dienone is 2. The van der Waals surface area contributed by atoms with Crippen molar-refractivity contribution in [3.8, 4) is 0 Å². The summed E-state index contributed by atoms with van der Waals surface area (Å²) in [6.45, 7) is 0. The van der Waals surface area contributed by atoms with E-state index in [9.17, 15) is 0 Å². The predicted molar refractivity (Wildman–Crippen MR) is 44.1 cm³/mol. The molecule has 0 radical (unpaired) electrons. The van der Waals surface area contributed by atoms with Crippen LogP contribution >= 0.6 is 11.6 Å². The minimum absolute atomic E-state index is 0.752. The molecule has 0 N–H and O–H groups in total. The molecule has 0 aromatic heterocycles. The highest BCUT2D eigenvalue weighted by molar-refractivity contribution is 6.33. The lowest BCUT2D eigenvalue weighted by atomic mass is 10.0. The molecule has 1 unspecified atom stereocenters. The van der Waals surface area contributed by atoms with Gasteiger partial charge in [0.05, 0.1) is 0 Å². The molecule has 0 nitrogen and oxygen atoms in total. The standard InChI is InChI=1S/C9H13Cl/c10-9-7-5-3-1-2-4-6-8(7)9/h7H,1-6H2. The highest BCUT2D eigenvalue weighted by Crippen LogP contribution is 2.49. The summed E-state index contributed by atoms with van der Waals surface area (Å²) in [5.41, 5.74) is 1.58. The van der Waals surface area contributed by atoms with E-state index in [1.807, 2.05) is 0 Å². The average molecular weight is 157 g/mol. The van der Waals surface area contributed by atoms with Crippen LogP contribution in [0, 0.1) is 5.92 Å². The molecule has 0 heterocycles. The van der Waals surface area contributed by atoms with Crippen LogP contribution in [-0.4, -0.2) is 0 Å². The molecule has 10 heavy (non-hydrogen) atoms. The van der Waals surface area contributed by atoms with Gasteiger partial charge in [-0.15, -0.1) is 0 Å². The van der Waals surface area contributed by atoms with Crippen LogP contribution in [0.4, 0.5) is 0 Å². The minimum Gasteiger partial charge on any atom is -0.0885 e. The molecule has 2 rings (SSSR count). The van der Waals surface area contributed by atoms with Crippen molar-refractivity contribution < 1.29 is 0 Å². The van der Waals surface area contributed by atoms with Gasteiger partial charge in [0.2, 0.25) is 0 Å². The van der Waals surface area contributed by atoms with Crippen LogP contribution in [0.2, 0.25) is 0 Å². The zero-order chi connectivity index (χ0) is 6.97. The van der Waals surface area contributed by atoms with Crippen molar-refractivity contribution in [2.75, 3.05) is 0 Å². The van der Waals surface area contributed by atoms with Crippen LogP contribution in [0.25, 0.3) is 0 Å². The first-order chi connectivity index (χ1) is 4.89. The largest absolute Gasteiger partial charge is 0.0885 e. The van der Waals surface area contributed by atoms with Crippen LogP contribution in [0.5, 0.6) is 0 Å². The van der Waals surface area contributed by atoms with E-state index in [1.54, 1.807) is 5.57 Å². The lowest BCUT2D eigenvalue weighted by molar-refractivity contribution is 0.557. The molecule has 0 bridgehead atoms. The SMILES string of the molecule is ClC1=C2CCCCCCC12. The Morgan fingerprint density at radius 2 is 1.90 bits per heavy atom. The van der Waals surface area contributed by atoms with Crippen molar-refractivity contribution in [3.05, 3.63) is 10.6 Å². The van der Waals surface area contributed by atoms with Gasteiger partial charge in [-0.3, -0.25) is 0 Å². The molecule has 0 saturated heterocycles. The monoisotopic (exact) mass is 156 g/mol. The van der Waals surface area contributed by atoms with Gasteiger partial charge in [0.25, 0.3) is 0 Å². The molecule has 1 heteroatoms. The van der Waals surface area contributed by atoms with Crippen molar-refractivity contribution in [2.24, 2.45) is 5.92 Å². The second kappa shape index (κ2) is 2.58. The molecule has 56 valence electrons. The van der Waals surface area contributed by atoms with Crippen molar-refractivity contribution in [1.82, 2.24) is 0 Å². The molecule has 0 aliphatic heterocycles. The molecule has 2 aliphatic rings. The Bertz CT molecular complexity index is 170. The van der Waals surface area contributed by atoms with E-state index in [1.165, 1.54) is 43.6 Å². The van der Waals surface area contributed by atoms with Gasteiger partial charge < -0.3 is 0 Å². The summed E-state index contributed by atoms with van der Waals surface area (Å²) >= 11 is 5.98. The fraction of sp³-hybridized carbons (Fsp3) is 0.778. The normalized spacial score (nSPS) is 32.7. The molecule has 2 aliphatic carbocycles. The summed E-state index contributed by atoms with van der Waals surface area (Å²) in [7, 11) is 0. The van der Waals surface area contributed by atoms with E-state index in [0.717, 1.165) is 5.92 Å². The number of hydrogen-bond acceptors (Lipinski definition) is 0. The van der Waals surface area contributed by atoms with Gasteiger partial charge in [0, 0.05) is 11.0 Å². The van der Waals surface area contributed by atoms with Gasteiger partial charge in [0.15, 0.2) is 0 Å². The Kier molecular flexibility index (Phi) is 1.73. The Balaban J connectivity index is 1.93. The number of halogens is 1. The fourth-order valence-electron chi connectivity index (χ4n) is 1.90. The van der Waals surface area contributed by atoms with E-state index in [-0.39, 0.29) is 0 Å². The highest BCUT2D eigenvalue weighted by atomic mass is 35.5. The lowest BCUT2D eigenvalue weighted by Crippen LogP contribution is -1.89. The van der Waals surface area contributed by atoms with Crippen LogP contribution < -0.4 is 0 Å². The summed E-state index contributed by atoms with van der Waals surface area (Å²) < 4.78 is 0. The fourth-order valence-corrected chi connectivity index (χ4v) is 2.31. The first-order valence-corrected chi connectivity index (χ1v) is 4.66. The second-order valence-electron chi connectivity index (χ2n) is 3.38. The van der Waals surface area contributed by atoms with Crippen LogP contribution in [0.3, 0.4) is 0 Å². The van der Waals surface area contributed by atoms with Gasteiger partial charge in [0.1, 0.15) is 0 Å². The minimum atomic E-state index is 0.752. The van der Waals surface area contributed by atoms with Crippen molar-refractivity contribution in [2.45, 2.75) is 38.5 Å². The molecular formula is C9H13Cl. The number of rotatable bonds is 0. The second-order valence-corrected chi connectivity index (χ2v) is 3.79. The van der Waals surface area contributed by atoms with Gasteiger partial charge in [-0.25, -0.2) is 0 Å². The van der Waals surface area contributed by atoms with Gasteiger partial charge in [-0.05, 0) is 24.8 Å². The van der Waals surface area contributed by atoms with Crippen LogP contribution in [-0.2, 0) is 0 Å². The third-order valence-corrected chi connectivity index (χ3v) is 3.15. The number of hydrogen-bond donors (Lipinski definition) is 0. The van der Waals surface area contributed by atoms with E-state index in [0.29, 0.717) is 0 Å². The lowest BCUT2D eigenvalue weighted by Gasteiger charge is -2.05. The first-order valence-electron chi connectivity index (χ1n) is 4.28. The van der Waals surface area contributed by atoms with Crippen LogP contribution in [0.1, 0.15) is 38.5 Å². The zero-order valence-corrected chi connectivity index (χ0v) is 6.95. The van der Waals surface area contributed by atoms with Gasteiger partial charge in [-0.2, -0.15) is 0 Å². The Morgan fingerprint density at radius 1 is 1.10 bits per heavy atom. The molecule has 1 saturated carbocycles. The Labute approximate surface area is 67.3 Å². The molecule has 0 aromatic carbocycles. The third-order valence-electron chi connectivity index (χ3n) is 2.64. The molecular weight excluding hydrogens is 144 g/mol. The Morgan fingerprint density at radius 3 is 2.80 bits per heavy atom. The quantitative estimate of drug-likeness (QED) is 0.504. The average Bonchev–Trinajstić information content (AvgIpc) is 2.39. The van der Waals surface area contributed by atoms with E-state index < -0.39 is 0 Å². The predicted octanol–water partition coefficient (Wildman–Crippen LogP) is 3.46. The summed E-state index contributed by atoms with van der Waals surface area (Å²) in [5.74, 6) is 0.752. The highest BCUT2D eigenvalue weighted by Gasteiger charge is 2.34. The van der Waals surface area contributed by atoms with E-state index in [2.05, 4.69) is 0 Å². The summed E-state index contributed by atoms with van der Waals surface area (Å²) in [4.78, 5) is 0. The maximum absolute atomic E-state index is 5.98. The molecule has 0 spiro atoms. The maximum Gasteiger partial charge on any atom is 0.0251 e. The van der Waals surface area contributed by atoms with Gasteiger partial charge in [-0.1, -0.05) is 30.9 Å². The van der Waals surface area contributed by atoms with E-state index in [4.69, 9.17) is 11.6 Å². The number of fused-ring (bicyclic) bond motifs is 1. The van der Waals surface area contributed by atoms with Crippen LogP contribution in [0.15, 0.2) is 10.6 Å². The van der Waals surface area contributed by atoms with E-state index >= 15 is 0 Å². The summed E-state index contributed by atoms with van der Waals surface area (Å²) in [5, 5.41) is 1.21. The molecule has 1 atom stereocenters. The molecule has 0 aromatic rings. The summed E-state index contributed by atoms with van der Waals surface area (Å²) in [6, 6.07) is 0. The first kappa shape index (κ1) is 6.72. The Hall–Kier alpha value is 0.0300. The topological polar surface area (TPSA) is 0 Å². The maximum atomic E-state index is 5.98. The molecule has 1 fully saturated rings. The molecule has 0 amide bonds. The van der Waals surface area contributed by atoms with Crippen molar-refractivity contribution in [3.63, 3.8) is 0 Å². The van der Waals surface area contributed by atoms with Crippen molar-refractivity contribution in [1.29, 1.82) is 0 Å². The third kappa shape index (κ3) is 1.10. The zero-order valence-electron chi connectivity index (χ0n) is 6.20. The van der Waals surface area contributed by atoms with Gasteiger partial charge >= 0.3 is 0 Å².